The number of rotatable bonds is 12. The Bertz CT molecular complexity index is 463. The summed E-state index contributed by atoms with van der Waals surface area (Å²) < 4.78 is 0. The second kappa shape index (κ2) is 10.4. The van der Waals surface area contributed by atoms with E-state index in [0.29, 0.717) is 12.3 Å². The molecule has 0 unspecified atom stereocenters. The van der Waals surface area contributed by atoms with Gasteiger partial charge >= 0.3 is 5.97 Å². The second-order valence-corrected chi connectivity index (χ2v) is 8.28. The van der Waals surface area contributed by atoms with Crippen LogP contribution in [0.2, 0.25) is 0 Å². The standard InChI is InChI=1S/C21H36O5/c1-2-3-4-8-15(22)10-11-17-16(19(23)13-20(17)24)9-6-5-7-14-12-18(14)21(25)26/h10-11,14-20,22-24H,2-9,12-13H2,1H3,(H,25,26)/b11-10+/t14-,15+,16-,17-,18-,19+,20-/m1/s1. The van der Waals surface area contributed by atoms with Crippen molar-refractivity contribution >= 4 is 5.97 Å². The smallest absolute Gasteiger partial charge is 0.306 e. The molecule has 2 aliphatic carbocycles. The summed E-state index contributed by atoms with van der Waals surface area (Å²) in [6.45, 7) is 2.13. The van der Waals surface area contributed by atoms with E-state index in [1.54, 1.807) is 6.08 Å². The molecule has 7 atom stereocenters. The second-order valence-electron chi connectivity index (χ2n) is 8.28. The van der Waals surface area contributed by atoms with Crippen LogP contribution in [0.4, 0.5) is 0 Å². The van der Waals surface area contributed by atoms with Crippen LogP contribution in [-0.4, -0.2) is 44.7 Å². The highest BCUT2D eigenvalue weighted by Gasteiger charge is 2.43. The quantitative estimate of drug-likeness (QED) is 0.313. The molecule has 0 aromatic heterocycles. The highest BCUT2D eigenvalue weighted by Crippen LogP contribution is 2.43. The van der Waals surface area contributed by atoms with Gasteiger partial charge in [0.15, 0.2) is 0 Å². The molecule has 5 heteroatoms. The van der Waals surface area contributed by atoms with E-state index in [1.807, 2.05) is 6.08 Å². The van der Waals surface area contributed by atoms with E-state index in [9.17, 15) is 20.1 Å². The molecule has 150 valence electrons. The van der Waals surface area contributed by atoms with E-state index in [2.05, 4.69) is 6.92 Å². The summed E-state index contributed by atoms with van der Waals surface area (Å²) in [5.41, 5.74) is 0. The van der Waals surface area contributed by atoms with Crippen LogP contribution >= 0.6 is 0 Å². The molecule has 0 radical (unpaired) electrons. The lowest BCUT2D eigenvalue weighted by Gasteiger charge is -2.21. The highest BCUT2D eigenvalue weighted by atomic mass is 16.4. The number of aliphatic hydroxyl groups is 3. The van der Waals surface area contributed by atoms with Crippen molar-refractivity contribution in [2.75, 3.05) is 0 Å². The number of hydrogen-bond acceptors (Lipinski definition) is 4. The average Bonchev–Trinajstić information content (AvgIpc) is 3.31. The van der Waals surface area contributed by atoms with Crippen LogP contribution in [0, 0.1) is 23.7 Å². The summed E-state index contributed by atoms with van der Waals surface area (Å²) in [6.07, 6.45) is 11.1. The van der Waals surface area contributed by atoms with Crippen molar-refractivity contribution in [1.82, 2.24) is 0 Å². The summed E-state index contributed by atoms with van der Waals surface area (Å²) in [4.78, 5) is 10.9. The molecule has 0 saturated heterocycles. The minimum Gasteiger partial charge on any atom is -0.481 e. The van der Waals surface area contributed by atoms with E-state index in [0.717, 1.165) is 57.8 Å². The summed E-state index contributed by atoms with van der Waals surface area (Å²) in [5, 5.41) is 39.5. The molecule has 0 aromatic rings. The molecule has 2 rings (SSSR count). The molecular formula is C21H36O5. The van der Waals surface area contributed by atoms with Gasteiger partial charge in [-0.25, -0.2) is 0 Å². The molecule has 26 heavy (non-hydrogen) atoms. The summed E-state index contributed by atoms with van der Waals surface area (Å²) in [7, 11) is 0. The average molecular weight is 369 g/mol. The predicted octanol–water partition coefficient (Wildman–Crippen LogP) is 3.12. The number of carboxylic acids is 1. The van der Waals surface area contributed by atoms with Gasteiger partial charge in [-0.1, -0.05) is 51.2 Å². The lowest BCUT2D eigenvalue weighted by molar-refractivity contribution is -0.138. The Kier molecular flexibility index (Phi) is 8.58. The molecular weight excluding hydrogens is 332 g/mol. The van der Waals surface area contributed by atoms with Gasteiger partial charge in [0.1, 0.15) is 0 Å². The highest BCUT2D eigenvalue weighted by molar-refractivity contribution is 5.73. The SMILES string of the molecule is CCCCC[C@H](O)/C=C/[C@@H]1[C@@H](CCCC[C@@H]2C[C@H]2C(=O)O)[C@@H](O)C[C@H]1O. The minimum atomic E-state index is -0.674. The maximum atomic E-state index is 10.9. The number of carbonyl (C=O) groups is 1. The number of aliphatic hydroxyl groups excluding tert-OH is 3. The molecule has 4 N–H and O–H groups in total. The van der Waals surface area contributed by atoms with Gasteiger partial charge in [-0.2, -0.15) is 0 Å². The zero-order valence-corrected chi connectivity index (χ0v) is 16.0. The first-order valence-electron chi connectivity index (χ1n) is 10.4. The molecule has 0 heterocycles. The number of hydrogen-bond donors (Lipinski definition) is 4. The maximum Gasteiger partial charge on any atom is 0.306 e. The molecule has 5 nitrogen and oxygen atoms in total. The van der Waals surface area contributed by atoms with Crippen LogP contribution in [0.1, 0.15) is 71.1 Å². The van der Waals surface area contributed by atoms with Gasteiger partial charge in [0, 0.05) is 12.3 Å². The minimum absolute atomic E-state index is 0.0264. The maximum absolute atomic E-state index is 10.9. The molecule has 0 bridgehead atoms. The Hall–Kier alpha value is -0.910. The van der Waals surface area contributed by atoms with Crippen LogP contribution in [0.5, 0.6) is 0 Å². The number of carboxylic acid groups (broad SMARTS) is 1. The van der Waals surface area contributed by atoms with E-state index in [-0.39, 0.29) is 17.8 Å². The van der Waals surface area contributed by atoms with Crippen LogP contribution in [0.15, 0.2) is 12.2 Å². The Morgan fingerprint density at radius 1 is 1.08 bits per heavy atom. The van der Waals surface area contributed by atoms with Gasteiger partial charge in [0.2, 0.25) is 0 Å². The van der Waals surface area contributed by atoms with Gasteiger partial charge in [-0.15, -0.1) is 0 Å². The van der Waals surface area contributed by atoms with E-state index < -0.39 is 24.3 Å². The molecule has 2 fully saturated rings. The molecule has 0 spiro atoms. The zero-order valence-electron chi connectivity index (χ0n) is 16.0. The fourth-order valence-corrected chi connectivity index (χ4v) is 4.39. The van der Waals surface area contributed by atoms with Crippen LogP contribution in [-0.2, 0) is 4.79 Å². The van der Waals surface area contributed by atoms with Gasteiger partial charge in [0.25, 0.3) is 0 Å². The van der Waals surface area contributed by atoms with Crippen molar-refractivity contribution in [2.45, 2.75) is 89.4 Å². The van der Waals surface area contributed by atoms with Gasteiger partial charge in [-0.3, -0.25) is 4.79 Å². The van der Waals surface area contributed by atoms with Gasteiger partial charge < -0.3 is 20.4 Å². The molecule has 0 amide bonds. The predicted molar refractivity (Wildman–Crippen MR) is 101 cm³/mol. The van der Waals surface area contributed by atoms with Crippen LogP contribution in [0.25, 0.3) is 0 Å². The first-order chi connectivity index (χ1) is 12.4. The van der Waals surface area contributed by atoms with Crippen molar-refractivity contribution in [3.8, 4) is 0 Å². The van der Waals surface area contributed by atoms with Crippen LogP contribution in [0.3, 0.4) is 0 Å². The third-order valence-corrected chi connectivity index (χ3v) is 6.18. The van der Waals surface area contributed by atoms with Crippen molar-refractivity contribution in [1.29, 1.82) is 0 Å². The normalized spacial score (nSPS) is 35.1. The lowest BCUT2D eigenvalue weighted by Crippen LogP contribution is -2.21. The summed E-state index contributed by atoms with van der Waals surface area (Å²) in [6, 6.07) is 0. The Balaban J connectivity index is 1.73. The lowest BCUT2D eigenvalue weighted by atomic mass is 9.87. The Labute approximate surface area is 157 Å². The topological polar surface area (TPSA) is 98.0 Å². The number of unbranched alkanes of at least 4 members (excludes halogenated alkanes) is 3. The van der Waals surface area contributed by atoms with E-state index in [1.165, 1.54) is 0 Å². The summed E-state index contributed by atoms with van der Waals surface area (Å²) in [5.74, 6) is -0.552. The fourth-order valence-electron chi connectivity index (χ4n) is 4.39. The Morgan fingerprint density at radius 2 is 1.81 bits per heavy atom. The van der Waals surface area contributed by atoms with Gasteiger partial charge in [0.05, 0.1) is 24.2 Å². The van der Waals surface area contributed by atoms with Crippen LogP contribution < -0.4 is 0 Å². The molecule has 0 aromatic carbocycles. The van der Waals surface area contributed by atoms with Crippen molar-refractivity contribution in [3.05, 3.63) is 12.2 Å². The first kappa shape index (κ1) is 21.4. The van der Waals surface area contributed by atoms with Crippen molar-refractivity contribution in [3.63, 3.8) is 0 Å². The summed E-state index contributed by atoms with van der Waals surface area (Å²) >= 11 is 0. The third-order valence-electron chi connectivity index (χ3n) is 6.18. The monoisotopic (exact) mass is 368 g/mol. The Morgan fingerprint density at radius 3 is 2.46 bits per heavy atom. The fraction of sp³-hybridized carbons (Fsp3) is 0.857. The van der Waals surface area contributed by atoms with E-state index in [4.69, 9.17) is 5.11 Å². The molecule has 0 aliphatic heterocycles. The third kappa shape index (κ3) is 6.36. The largest absolute Gasteiger partial charge is 0.481 e. The molecule has 2 aliphatic rings. The van der Waals surface area contributed by atoms with E-state index >= 15 is 0 Å². The van der Waals surface area contributed by atoms with Gasteiger partial charge in [-0.05, 0) is 37.5 Å². The van der Waals surface area contributed by atoms with Crippen molar-refractivity contribution in [2.24, 2.45) is 23.7 Å². The zero-order chi connectivity index (χ0) is 19.1. The van der Waals surface area contributed by atoms with Crippen molar-refractivity contribution < 1.29 is 25.2 Å². The number of aliphatic carboxylic acids is 1. The molecule has 2 saturated carbocycles. The first-order valence-corrected chi connectivity index (χ1v) is 10.4.